The lowest BCUT2D eigenvalue weighted by Gasteiger charge is -2.35. The van der Waals surface area contributed by atoms with Gasteiger partial charge in [0.1, 0.15) is 0 Å². The zero-order valence-electron chi connectivity index (χ0n) is 10.3. The minimum absolute atomic E-state index is 0.110. The molecule has 0 radical (unpaired) electrons. The van der Waals surface area contributed by atoms with Crippen molar-refractivity contribution in [1.82, 2.24) is 5.32 Å². The van der Waals surface area contributed by atoms with E-state index in [1.807, 2.05) is 0 Å². The van der Waals surface area contributed by atoms with E-state index in [0.29, 0.717) is 0 Å². The number of hydrogen-bond donors (Lipinski definition) is 2. The summed E-state index contributed by atoms with van der Waals surface area (Å²) in [7, 11) is 0.851. The largest absolute Gasteiger partial charge is 0.467 e. The van der Waals surface area contributed by atoms with Gasteiger partial charge in [0, 0.05) is 0 Å². The van der Waals surface area contributed by atoms with E-state index in [9.17, 15) is 27.9 Å². The Kier molecular flexibility index (Phi) is 4.72. The molecule has 20 heavy (non-hydrogen) atoms. The summed E-state index contributed by atoms with van der Waals surface area (Å²) in [6, 6.07) is 3.65. The number of hydrogen-bond acceptors (Lipinski definition) is 4. The van der Waals surface area contributed by atoms with E-state index in [-0.39, 0.29) is 6.41 Å². The first kappa shape index (κ1) is 16.0. The summed E-state index contributed by atoms with van der Waals surface area (Å²) in [6.45, 7) is 0. The topological polar surface area (TPSA) is 75.6 Å². The molecule has 8 heteroatoms. The van der Waals surface area contributed by atoms with Gasteiger partial charge in [0.15, 0.2) is 6.04 Å². The van der Waals surface area contributed by atoms with Crippen LogP contribution in [0.3, 0.4) is 0 Å². The highest BCUT2D eigenvalue weighted by atomic mass is 19.4. The van der Waals surface area contributed by atoms with Crippen LogP contribution in [-0.2, 0) is 19.9 Å². The predicted molar refractivity (Wildman–Crippen MR) is 61.4 cm³/mol. The van der Waals surface area contributed by atoms with Crippen molar-refractivity contribution in [2.24, 2.45) is 0 Å². The van der Waals surface area contributed by atoms with Crippen molar-refractivity contribution in [2.75, 3.05) is 7.11 Å². The third kappa shape index (κ3) is 2.74. The van der Waals surface area contributed by atoms with Crippen LogP contribution in [0.4, 0.5) is 13.2 Å². The SMILES string of the molecule is COC(=O)C(NC=O)C(O)(c1ccccc1)C(F)(F)F. The zero-order valence-corrected chi connectivity index (χ0v) is 10.3. The van der Waals surface area contributed by atoms with Crippen molar-refractivity contribution in [1.29, 1.82) is 0 Å². The summed E-state index contributed by atoms with van der Waals surface area (Å²) >= 11 is 0. The number of carbonyl (C=O) groups excluding carboxylic acids is 2. The third-order valence-corrected chi connectivity index (χ3v) is 2.74. The standard InChI is InChI=1S/C12H12F3NO4/c1-20-10(18)9(16-7-17)11(19,12(13,14)15)8-5-3-2-4-6-8/h2-7,9,19H,1H3,(H,16,17). The average Bonchev–Trinajstić information content (AvgIpc) is 2.43. The number of ether oxygens (including phenoxy) is 1. The minimum Gasteiger partial charge on any atom is -0.467 e. The smallest absolute Gasteiger partial charge is 0.424 e. The van der Waals surface area contributed by atoms with Crippen molar-refractivity contribution in [3.8, 4) is 0 Å². The van der Waals surface area contributed by atoms with Crippen LogP contribution in [0.2, 0.25) is 0 Å². The molecule has 2 unspecified atom stereocenters. The van der Waals surface area contributed by atoms with E-state index in [1.165, 1.54) is 18.2 Å². The molecular weight excluding hydrogens is 279 g/mol. The second-order valence-electron chi connectivity index (χ2n) is 3.87. The molecule has 0 fully saturated rings. The van der Waals surface area contributed by atoms with Crippen LogP contribution in [0.5, 0.6) is 0 Å². The van der Waals surface area contributed by atoms with Gasteiger partial charge < -0.3 is 15.2 Å². The summed E-state index contributed by atoms with van der Waals surface area (Å²) in [5.41, 5.74) is -4.18. The van der Waals surface area contributed by atoms with Crippen molar-refractivity contribution >= 4 is 12.4 Å². The van der Waals surface area contributed by atoms with Gasteiger partial charge in [-0.05, 0) is 5.56 Å². The van der Waals surface area contributed by atoms with Gasteiger partial charge in [-0.25, -0.2) is 4.79 Å². The Balaban J connectivity index is 3.44. The van der Waals surface area contributed by atoms with Gasteiger partial charge in [-0.15, -0.1) is 0 Å². The first-order chi connectivity index (χ1) is 9.29. The molecule has 0 spiro atoms. The Morgan fingerprint density at radius 3 is 2.30 bits per heavy atom. The molecule has 2 N–H and O–H groups in total. The van der Waals surface area contributed by atoms with Crippen LogP contribution >= 0.6 is 0 Å². The van der Waals surface area contributed by atoms with Crippen LogP contribution in [-0.4, -0.2) is 36.8 Å². The molecule has 2 atom stereocenters. The normalized spacial score (nSPS) is 15.8. The van der Waals surface area contributed by atoms with Crippen LogP contribution in [0, 0.1) is 0 Å². The van der Waals surface area contributed by atoms with Crippen LogP contribution in [0.15, 0.2) is 30.3 Å². The van der Waals surface area contributed by atoms with E-state index < -0.39 is 29.4 Å². The van der Waals surface area contributed by atoms with E-state index >= 15 is 0 Å². The number of rotatable bonds is 5. The van der Waals surface area contributed by atoms with Gasteiger partial charge in [0.05, 0.1) is 7.11 Å². The predicted octanol–water partition coefficient (Wildman–Crippen LogP) is 0.724. The summed E-state index contributed by atoms with van der Waals surface area (Å²) in [6.07, 6.45) is -5.32. The quantitative estimate of drug-likeness (QED) is 0.619. The number of carbonyl (C=O) groups is 2. The first-order valence-electron chi connectivity index (χ1n) is 5.41. The Hall–Kier alpha value is -2.09. The number of halogens is 3. The summed E-state index contributed by atoms with van der Waals surface area (Å²) in [4.78, 5) is 21.9. The first-order valence-corrected chi connectivity index (χ1v) is 5.41. The molecule has 1 aromatic carbocycles. The highest BCUT2D eigenvalue weighted by Crippen LogP contribution is 2.41. The van der Waals surface area contributed by atoms with E-state index in [0.717, 1.165) is 19.2 Å². The van der Waals surface area contributed by atoms with E-state index in [1.54, 1.807) is 5.32 Å². The Morgan fingerprint density at radius 1 is 1.35 bits per heavy atom. The van der Waals surface area contributed by atoms with Crippen LogP contribution in [0.1, 0.15) is 5.56 Å². The number of alkyl halides is 3. The second kappa shape index (κ2) is 5.91. The fourth-order valence-corrected chi connectivity index (χ4v) is 1.73. The van der Waals surface area contributed by atoms with Crippen molar-refractivity contribution in [2.45, 2.75) is 17.8 Å². The number of methoxy groups -OCH3 is 1. The van der Waals surface area contributed by atoms with Gasteiger partial charge in [-0.3, -0.25) is 4.79 Å². The lowest BCUT2D eigenvalue weighted by Crippen LogP contribution is -2.60. The molecule has 0 saturated heterocycles. The summed E-state index contributed by atoms with van der Waals surface area (Å²) in [5, 5.41) is 11.7. The van der Waals surface area contributed by atoms with Gasteiger partial charge in [-0.1, -0.05) is 30.3 Å². The molecule has 110 valence electrons. The lowest BCUT2D eigenvalue weighted by molar-refractivity contribution is -0.276. The van der Waals surface area contributed by atoms with Gasteiger partial charge in [0.2, 0.25) is 12.0 Å². The molecule has 1 amide bonds. The Labute approximate surface area is 112 Å². The Bertz CT molecular complexity index is 477. The van der Waals surface area contributed by atoms with Gasteiger partial charge >= 0.3 is 12.1 Å². The van der Waals surface area contributed by atoms with Crippen molar-refractivity contribution in [3.05, 3.63) is 35.9 Å². The highest BCUT2D eigenvalue weighted by molar-refractivity contribution is 5.80. The zero-order chi connectivity index (χ0) is 15.4. The molecule has 0 heterocycles. The number of aliphatic hydroxyl groups is 1. The molecular formula is C12H12F3NO4. The average molecular weight is 291 g/mol. The maximum atomic E-state index is 13.2. The maximum Gasteiger partial charge on any atom is 0.424 e. The number of amides is 1. The van der Waals surface area contributed by atoms with Crippen LogP contribution in [0.25, 0.3) is 0 Å². The molecule has 0 bridgehead atoms. The van der Waals surface area contributed by atoms with Crippen molar-refractivity contribution < 1.29 is 32.6 Å². The number of nitrogens with one attached hydrogen (secondary N) is 1. The van der Waals surface area contributed by atoms with E-state index in [4.69, 9.17) is 0 Å². The highest BCUT2D eigenvalue weighted by Gasteiger charge is 2.62. The van der Waals surface area contributed by atoms with Gasteiger partial charge in [0.25, 0.3) is 0 Å². The van der Waals surface area contributed by atoms with E-state index in [2.05, 4.69) is 4.74 Å². The molecule has 0 aromatic heterocycles. The maximum absolute atomic E-state index is 13.2. The van der Waals surface area contributed by atoms with Crippen molar-refractivity contribution in [3.63, 3.8) is 0 Å². The molecule has 0 aliphatic carbocycles. The molecule has 0 aliphatic heterocycles. The minimum atomic E-state index is -5.21. The third-order valence-electron chi connectivity index (χ3n) is 2.74. The molecule has 5 nitrogen and oxygen atoms in total. The number of benzene rings is 1. The lowest BCUT2D eigenvalue weighted by atomic mass is 9.85. The Morgan fingerprint density at radius 2 is 1.90 bits per heavy atom. The fraction of sp³-hybridized carbons (Fsp3) is 0.333. The fourth-order valence-electron chi connectivity index (χ4n) is 1.73. The molecule has 0 saturated carbocycles. The second-order valence-corrected chi connectivity index (χ2v) is 3.87. The summed E-state index contributed by atoms with van der Waals surface area (Å²) in [5.74, 6) is -1.42. The van der Waals surface area contributed by atoms with Gasteiger partial charge in [-0.2, -0.15) is 13.2 Å². The molecule has 1 rings (SSSR count). The monoisotopic (exact) mass is 291 g/mol. The number of esters is 1. The molecule has 0 aliphatic rings. The van der Waals surface area contributed by atoms with Crippen LogP contribution < -0.4 is 5.32 Å². The summed E-state index contributed by atoms with van der Waals surface area (Å²) < 4.78 is 43.9. The molecule has 1 aromatic rings.